The molecule has 2 fully saturated rings. The van der Waals surface area contributed by atoms with Crippen molar-refractivity contribution in [1.29, 1.82) is 0 Å². The van der Waals surface area contributed by atoms with E-state index in [4.69, 9.17) is 4.74 Å². The predicted octanol–water partition coefficient (Wildman–Crippen LogP) is 3.13. The summed E-state index contributed by atoms with van der Waals surface area (Å²) in [5, 5.41) is 22.3. The highest BCUT2D eigenvalue weighted by atomic mass is 16.5. The van der Waals surface area contributed by atoms with Gasteiger partial charge in [-0.1, -0.05) is 61.4 Å². The number of β-amino-alcohol motifs (C(OH)–C–C–N with tert-alkyl or cyclic N) is 1. The van der Waals surface area contributed by atoms with Crippen molar-refractivity contribution in [3.63, 3.8) is 0 Å². The summed E-state index contributed by atoms with van der Waals surface area (Å²) in [6, 6.07) is 15.2. The Morgan fingerprint density at radius 2 is 1.60 bits per heavy atom. The maximum Gasteiger partial charge on any atom is 0.407 e. The molecule has 3 N–H and O–H groups in total. The van der Waals surface area contributed by atoms with Crippen molar-refractivity contribution >= 4 is 18.0 Å². The van der Waals surface area contributed by atoms with Crippen LogP contribution in [0.3, 0.4) is 0 Å². The maximum absolute atomic E-state index is 13.4. The van der Waals surface area contributed by atoms with Crippen LogP contribution in [0.1, 0.15) is 49.1 Å². The molecule has 2 aromatic rings. The topological polar surface area (TPSA) is 116 Å². The van der Waals surface area contributed by atoms with Crippen LogP contribution in [0.5, 0.6) is 0 Å². The van der Waals surface area contributed by atoms with Gasteiger partial charge >= 0.3 is 12.1 Å². The second-order valence-corrected chi connectivity index (χ2v) is 9.87. The number of ether oxygens (including phenoxy) is 1. The molecule has 184 valence electrons. The van der Waals surface area contributed by atoms with Crippen LogP contribution in [0.2, 0.25) is 0 Å². The first-order valence-electron chi connectivity index (χ1n) is 12.2. The Morgan fingerprint density at radius 1 is 1.00 bits per heavy atom. The molecule has 8 heteroatoms. The zero-order valence-electron chi connectivity index (χ0n) is 19.5. The lowest BCUT2D eigenvalue weighted by Crippen LogP contribution is -2.52. The minimum atomic E-state index is -1.12. The molecule has 35 heavy (non-hydrogen) atoms. The molecule has 0 radical (unpaired) electrons. The third-order valence-electron chi connectivity index (χ3n) is 7.75. The maximum atomic E-state index is 13.4. The van der Waals surface area contributed by atoms with Gasteiger partial charge < -0.3 is 25.2 Å². The number of rotatable bonds is 6. The van der Waals surface area contributed by atoms with Crippen molar-refractivity contribution in [3.8, 4) is 11.1 Å². The smallest absolute Gasteiger partial charge is 0.407 e. The fraction of sp³-hybridized carbons (Fsp3) is 0.444. The predicted molar refractivity (Wildman–Crippen MR) is 128 cm³/mol. The standard InChI is InChI=1S/C27H30N2O6/c30-17-13-23(24(31)32)29(14-17)25(33)27(11-5-6-12-27)16-28-26(34)35-15-22-20-9-3-1-7-18(20)19-8-2-4-10-21(19)22/h1-4,7-10,17,22-23,30H,5-6,11-16H2,(H,28,34)(H,31,32)/t17-,23-/m1/s1. The monoisotopic (exact) mass is 478 g/mol. The summed E-state index contributed by atoms with van der Waals surface area (Å²) in [7, 11) is 0. The third-order valence-corrected chi connectivity index (χ3v) is 7.75. The molecule has 5 rings (SSSR count). The molecule has 1 aliphatic heterocycles. The van der Waals surface area contributed by atoms with Crippen LogP contribution in [0.15, 0.2) is 48.5 Å². The van der Waals surface area contributed by atoms with Gasteiger partial charge in [-0.15, -0.1) is 0 Å². The number of nitrogens with one attached hydrogen (secondary N) is 1. The first-order valence-corrected chi connectivity index (χ1v) is 12.2. The summed E-state index contributed by atoms with van der Waals surface area (Å²) in [4.78, 5) is 39.1. The van der Waals surface area contributed by atoms with E-state index in [-0.39, 0.29) is 37.9 Å². The number of aliphatic carboxylic acids is 1. The Labute approximate surface area is 203 Å². The lowest BCUT2D eigenvalue weighted by Gasteiger charge is -2.34. The number of carbonyl (C=O) groups excluding carboxylic acids is 2. The molecular formula is C27H30N2O6. The zero-order valence-corrected chi connectivity index (χ0v) is 19.5. The van der Waals surface area contributed by atoms with E-state index in [1.54, 1.807) is 0 Å². The number of carboxylic acid groups (broad SMARTS) is 1. The van der Waals surface area contributed by atoms with E-state index in [2.05, 4.69) is 29.6 Å². The summed E-state index contributed by atoms with van der Waals surface area (Å²) in [5.74, 6) is -1.48. The van der Waals surface area contributed by atoms with Crippen molar-refractivity contribution in [3.05, 3.63) is 59.7 Å². The van der Waals surface area contributed by atoms with Crippen LogP contribution >= 0.6 is 0 Å². The normalized spacial score (nSPS) is 22.5. The summed E-state index contributed by atoms with van der Waals surface area (Å²) in [5.41, 5.74) is 3.66. The molecule has 1 saturated heterocycles. The number of benzene rings is 2. The SMILES string of the molecule is O=C(NCC1(C(=O)N2C[C@H](O)C[C@@H]2C(=O)O)CCCC1)OCC1c2ccccc2-c2ccccc21. The number of carboxylic acids is 1. The van der Waals surface area contributed by atoms with Gasteiger partial charge in [0.05, 0.1) is 11.5 Å². The zero-order chi connectivity index (χ0) is 24.6. The van der Waals surface area contributed by atoms with E-state index in [0.717, 1.165) is 35.1 Å². The molecule has 2 atom stereocenters. The number of alkyl carbamates (subject to hydrolysis) is 1. The summed E-state index contributed by atoms with van der Waals surface area (Å²) < 4.78 is 5.62. The Bertz CT molecular complexity index is 1100. The second-order valence-electron chi connectivity index (χ2n) is 9.87. The van der Waals surface area contributed by atoms with Gasteiger partial charge in [0.2, 0.25) is 5.91 Å². The van der Waals surface area contributed by atoms with Crippen molar-refractivity contribution in [2.45, 2.75) is 50.2 Å². The number of aliphatic hydroxyl groups excluding tert-OH is 1. The molecule has 2 aromatic carbocycles. The molecule has 3 aliphatic rings. The van der Waals surface area contributed by atoms with Crippen molar-refractivity contribution in [2.24, 2.45) is 5.41 Å². The minimum absolute atomic E-state index is 0.00247. The second kappa shape index (κ2) is 9.34. The lowest BCUT2D eigenvalue weighted by molar-refractivity contribution is -0.153. The largest absolute Gasteiger partial charge is 0.480 e. The van der Waals surface area contributed by atoms with Crippen LogP contribution in [0.4, 0.5) is 4.79 Å². The summed E-state index contributed by atoms with van der Waals surface area (Å²) in [6.45, 7) is 0.268. The van der Waals surface area contributed by atoms with Crippen LogP contribution in [0, 0.1) is 5.41 Å². The molecule has 2 amide bonds. The van der Waals surface area contributed by atoms with Crippen LogP contribution in [0.25, 0.3) is 11.1 Å². The van der Waals surface area contributed by atoms with E-state index in [9.17, 15) is 24.6 Å². The average molecular weight is 479 g/mol. The molecule has 0 spiro atoms. The number of amides is 2. The minimum Gasteiger partial charge on any atom is -0.480 e. The van der Waals surface area contributed by atoms with Gasteiger partial charge in [-0.25, -0.2) is 9.59 Å². The summed E-state index contributed by atoms with van der Waals surface area (Å²) >= 11 is 0. The Hall–Kier alpha value is -3.39. The van der Waals surface area contributed by atoms with Gasteiger partial charge in [-0.05, 0) is 35.1 Å². The van der Waals surface area contributed by atoms with Crippen LogP contribution in [-0.2, 0) is 14.3 Å². The fourth-order valence-electron chi connectivity index (χ4n) is 5.99. The van der Waals surface area contributed by atoms with Crippen molar-refractivity contribution < 1.29 is 29.3 Å². The molecule has 0 aromatic heterocycles. The van der Waals surface area contributed by atoms with Crippen molar-refractivity contribution in [2.75, 3.05) is 19.7 Å². The fourth-order valence-corrected chi connectivity index (χ4v) is 5.99. The van der Waals surface area contributed by atoms with E-state index in [1.165, 1.54) is 4.90 Å². The molecule has 2 aliphatic carbocycles. The number of hydrogen-bond donors (Lipinski definition) is 3. The highest BCUT2D eigenvalue weighted by molar-refractivity contribution is 5.89. The Balaban J connectivity index is 1.24. The first-order chi connectivity index (χ1) is 16.9. The van der Waals surface area contributed by atoms with Gasteiger partial charge in [-0.3, -0.25) is 4.79 Å². The third kappa shape index (κ3) is 4.27. The van der Waals surface area contributed by atoms with E-state index in [0.29, 0.717) is 12.8 Å². The van der Waals surface area contributed by atoms with Gasteiger partial charge in [0.1, 0.15) is 12.6 Å². The molecule has 1 heterocycles. The number of fused-ring (bicyclic) bond motifs is 3. The van der Waals surface area contributed by atoms with Crippen molar-refractivity contribution in [1.82, 2.24) is 10.2 Å². The highest BCUT2D eigenvalue weighted by Gasteiger charge is 2.49. The van der Waals surface area contributed by atoms with E-state index in [1.807, 2.05) is 24.3 Å². The Kier molecular flexibility index (Phi) is 6.23. The molecule has 0 unspecified atom stereocenters. The molecule has 8 nitrogen and oxygen atoms in total. The van der Waals surface area contributed by atoms with Gasteiger partial charge in [0.25, 0.3) is 0 Å². The van der Waals surface area contributed by atoms with E-state index >= 15 is 0 Å². The van der Waals surface area contributed by atoms with Gasteiger partial charge in [0, 0.05) is 25.4 Å². The number of aliphatic hydroxyl groups is 1. The molecular weight excluding hydrogens is 448 g/mol. The highest BCUT2D eigenvalue weighted by Crippen LogP contribution is 2.44. The van der Waals surface area contributed by atoms with Crippen LogP contribution < -0.4 is 5.32 Å². The Morgan fingerprint density at radius 3 is 2.20 bits per heavy atom. The van der Waals surface area contributed by atoms with E-state index < -0.39 is 29.6 Å². The van der Waals surface area contributed by atoms with Crippen LogP contribution in [-0.4, -0.2) is 64.9 Å². The van der Waals surface area contributed by atoms with Gasteiger partial charge in [0.15, 0.2) is 0 Å². The average Bonchev–Trinajstić information content (AvgIpc) is 3.57. The number of nitrogens with zero attached hydrogens (tertiary/aromatic N) is 1. The molecule has 0 bridgehead atoms. The molecule has 1 saturated carbocycles. The number of likely N-dealkylation sites (tertiary alicyclic amines) is 1. The number of carbonyl (C=O) groups is 3. The summed E-state index contributed by atoms with van der Waals surface area (Å²) in [6.07, 6.45) is 1.36. The lowest BCUT2D eigenvalue weighted by atomic mass is 9.84. The quantitative estimate of drug-likeness (QED) is 0.588. The number of hydrogen-bond acceptors (Lipinski definition) is 5. The first kappa shape index (κ1) is 23.4. The van der Waals surface area contributed by atoms with Gasteiger partial charge in [-0.2, -0.15) is 0 Å².